The number of anilines is 1. The maximum Gasteiger partial charge on any atom is 0.433 e. The molecule has 0 atom stereocenters. The standard InChI is InChI=1S/C13H8ClN3O4/c14-8-3-1-2-7(6-8)11-12(16-21-13(11)15)9-4-5-10(20-9)17(18)19/h1-6H,15H2. The van der Waals surface area contributed by atoms with Gasteiger partial charge in [0.15, 0.2) is 11.5 Å². The van der Waals surface area contributed by atoms with Crippen LogP contribution in [0, 0.1) is 10.1 Å². The molecule has 1 aromatic carbocycles. The molecule has 21 heavy (non-hydrogen) atoms. The number of furan rings is 1. The van der Waals surface area contributed by atoms with Crippen LogP contribution in [0.4, 0.5) is 11.8 Å². The molecule has 0 bridgehead atoms. The molecule has 106 valence electrons. The van der Waals surface area contributed by atoms with Gasteiger partial charge in [-0.3, -0.25) is 10.1 Å². The van der Waals surface area contributed by atoms with E-state index in [-0.39, 0.29) is 23.2 Å². The van der Waals surface area contributed by atoms with Gasteiger partial charge < -0.3 is 14.7 Å². The maximum absolute atomic E-state index is 10.7. The van der Waals surface area contributed by atoms with Gasteiger partial charge in [-0.15, -0.1) is 0 Å². The summed E-state index contributed by atoms with van der Waals surface area (Å²) in [6, 6.07) is 9.59. The van der Waals surface area contributed by atoms with Crippen molar-refractivity contribution in [2.24, 2.45) is 0 Å². The third-order valence-corrected chi connectivity index (χ3v) is 3.07. The van der Waals surface area contributed by atoms with Crippen LogP contribution in [0.5, 0.6) is 0 Å². The number of nitrogens with zero attached hydrogens (tertiary/aromatic N) is 2. The molecule has 0 saturated heterocycles. The molecular weight excluding hydrogens is 298 g/mol. The molecule has 0 aliphatic rings. The van der Waals surface area contributed by atoms with Crippen LogP contribution in [0.15, 0.2) is 45.3 Å². The smallest absolute Gasteiger partial charge is 0.399 e. The largest absolute Gasteiger partial charge is 0.433 e. The highest BCUT2D eigenvalue weighted by atomic mass is 35.5. The molecule has 2 N–H and O–H groups in total. The highest BCUT2D eigenvalue weighted by Crippen LogP contribution is 2.38. The zero-order chi connectivity index (χ0) is 15.0. The first-order chi connectivity index (χ1) is 10.1. The first-order valence-electron chi connectivity index (χ1n) is 5.82. The number of nitrogens with two attached hydrogens (primary N) is 1. The molecule has 7 nitrogen and oxygen atoms in total. The Labute approximate surface area is 123 Å². The van der Waals surface area contributed by atoms with Gasteiger partial charge in [0.25, 0.3) is 0 Å². The maximum atomic E-state index is 10.7. The van der Waals surface area contributed by atoms with Gasteiger partial charge >= 0.3 is 5.88 Å². The summed E-state index contributed by atoms with van der Waals surface area (Å²) in [5, 5.41) is 15.0. The third kappa shape index (κ3) is 2.34. The van der Waals surface area contributed by atoms with Crippen LogP contribution in [-0.2, 0) is 0 Å². The average molecular weight is 306 g/mol. The second-order valence-electron chi connectivity index (χ2n) is 4.18. The lowest BCUT2D eigenvalue weighted by Gasteiger charge is -2.01. The lowest BCUT2D eigenvalue weighted by Crippen LogP contribution is -1.87. The summed E-state index contributed by atoms with van der Waals surface area (Å²) in [5.74, 6) is -0.118. The molecule has 2 aromatic heterocycles. The summed E-state index contributed by atoms with van der Waals surface area (Å²) in [4.78, 5) is 10.0. The number of aromatic nitrogens is 1. The molecule has 0 saturated carbocycles. The second kappa shape index (κ2) is 4.95. The van der Waals surface area contributed by atoms with E-state index in [0.717, 1.165) is 0 Å². The van der Waals surface area contributed by atoms with Crippen LogP contribution in [-0.4, -0.2) is 10.1 Å². The van der Waals surface area contributed by atoms with Gasteiger partial charge in [-0.25, -0.2) is 0 Å². The molecule has 0 radical (unpaired) electrons. The normalized spacial score (nSPS) is 10.7. The Bertz CT molecular complexity index is 824. The quantitative estimate of drug-likeness (QED) is 0.583. The molecule has 3 rings (SSSR count). The highest BCUT2D eigenvalue weighted by Gasteiger charge is 2.22. The Morgan fingerprint density at radius 2 is 2.10 bits per heavy atom. The van der Waals surface area contributed by atoms with Gasteiger partial charge in [0, 0.05) is 5.02 Å². The van der Waals surface area contributed by atoms with Crippen LogP contribution in [0.3, 0.4) is 0 Å². The number of hydrogen-bond donors (Lipinski definition) is 1. The Morgan fingerprint density at radius 1 is 1.29 bits per heavy atom. The third-order valence-electron chi connectivity index (χ3n) is 2.84. The van der Waals surface area contributed by atoms with Crippen LogP contribution in [0.1, 0.15) is 0 Å². The summed E-state index contributed by atoms with van der Waals surface area (Å²) in [7, 11) is 0. The van der Waals surface area contributed by atoms with E-state index in [1.165, 1.54) is 12.1 Å². The molecule has 0 aliphatic carbocycles. The summed E-state index contributed by atoms with van der Waals surface area (Å²) in [6.45, 7) is 0. The van der Waals surface area contributed by atoms with Gasteiger partial charge in [-0.1, -0.05) is 28.9 Å². The van der Waals surface area contributed by atoms with Gasteiger partial charge in [0.2, 0.25) is 5.88 Å². The minimum absolute atomic E-state index is 0.0753. The predicted octanol–water partition coefficient (Wildman–Crippen LogP) is 3.75. The van der Waals surface area contributed by atoms with Crippen molar-refractivity contribution in [2.45, 2.75) is 0 Å². The van der Waals surface area contributed by atoms with E-state index < -0.39 is 4.92 Å². The molecule has 0 aliphatic heterocycles. The van der Waals surface area contributed by atoms with E-state index in [9.17, 15) is 10.1 Å². The van der Waals surface area contributed by atoms with Crippen molar-refractivity contribution < 1.29 is 13.9 Å². The SMILES string of the molecule is Nc1onc(-c2ccc([N+](=O)[O-])o2)c1-c1cccc(Cl)c1. The lowest BCUT2D eigenvalue weighted by molar-refractivity contribution is -0.401. The van der Waals surface area contributed by atoms with Crippen molar-refractivity contribution in [1.82, 2.24) is 5.16 Å². The average Bonchev–Trinajstić information content (AvgIpc) is 3.05. The first-order valence-corrected chi connectivity index (χ1v) is 6.19. The van der Waals surface area contributed by atoms with Crippen molar-refractivity contribution in [3.63, 3.8) is 0 Å². The van der Waals surface area contributed by atoms with E-state index in [1.807, 2.05) is 0 Å². The fourth-order valence-corrected chi connectivity index (χ4v) is 2.14. The van der Waals surface area contributed by atoms with Crippen LogP contribution in [0.2, 0.25) is 5.02 Å². The summed E-state index contributed by atoms with van der Waals surface area (Å²) in [5.41, 5.74) is 7.21. The first kappa shape index (κ1) is 13.2. The van der Waals surface area contributed by atoms with Crippen molar-refractivity contribution in [3.8, 4) is 22.6 Å². The van der Waals surface area contributed by atoms with E-state index in [2.05, 4.69) is 5.16 Å². The molecular formula is C13H8ClN3O4. The topological polar surface area (TPSA) is 108 Å². The van der Waals surface area contributed by atoms with Crippen LogP contribution >= 0.6 is 11.6 Å². The molecule has 3 aromatic rings. The predicted molar refractivity (Wildman–Crippen MR) is 75.7 cm³/mol. The Hall–Kier alpha value is -2.80. The van der Waals surface area contributed by atoms with Crippen LogP contribution in [0.25, 0.3) is 22.6 Å². The molecule has 0 unspecified atom stereocenters. The van der Waals surface area contributed by atoms with Crippen LogP contribution < -0.4 is 5.73 Å². The molecule has 2 heterocycles. The second-order valence-corrected chi connectivity index (χ2v) is 4.61. The number of rotatable bonds is 3. The monoisotopic (exact) mass is 305 g/mol. The van der Waals surface area contributed by atoms with Crippen molar-refractivity contribution in [3.05, 3.63) is 51.5 Å². The summed E-state index contributed by atoms with van der Waals surface area (Å²) < 4.78 is 10.1. The van der Waals surface area contributed by atoms with Crippen molar-refractivity contribution in [1.29, 1.82) is 0 Å². The van der Waals surface area contributed by atoms with E-state index in [4.69, 9.17) is 26.3 Å². The minimum Gasteiger partial charge on any atom is -0.399 e. The molecule has 0 fully saturated rings. The zero-order valence-corrected chi connectivity index (χ0v) is 11.2. The van der Waals surface area contributed by atoms with E-state index in [0.29, 0.717) is 16.1 Å². The molecule has 0 amide bonds. The Balaban J connectivity index is 2.14. The number of nitrogen functional groups attached to an aromatic ring is 1. The van der Waals surface area contributed by atoms with E-state index >= 15 is 0 Å². The number of nitro groups is 1. The van der Waals surface area contributed by atoms with Crippen molar-refractivity contribution in [2.75, 3.05) is 5.73 Å². The number of hydrogen-bond acceptors (Lipinski definition) is 6. The minimum atomic E-state index is -0.633. The Kier molecular flexibility index (Phi) is 3.11. The fraction of sp³-hybridized carbons (Fsp3) is 0. The Morgan fingerprint density at radius 3 is 2.76 bits per heavy atom. The number of benzene rings is 1. The molecule has 0 spiro atoms. The van der Waals surface area contributed by atoms with Gasteiger partial charge in [0.05, 0.1) is 11.6 Å². The van der Waals surface area contributed by atoms with Crippen molar-refractivity contribution >= 4 is 23.4 Å². The van der Waals surface area contributed by atoms with Gasteiger partial charge in [-0.2, -0.15) is 0 Å². The zero-order valence-electron chi connectivity index (χ0n) is 10.4. The van der Waals surface area contributed by atoms with Gasteiger partial charge in [-0.05, 0) is 23.8 Å². The number of halogens is 1. The summed E-state index contributed by atoms with van der Waals surface area (Å²) >= 11 is 5.95. The van der Waals surface area contributed by atoms with E-state index in [1.54, 1.807) is 24.3 Å². The van der Waals surface area contributed by atoms with Gasteiger partial charge in [0.1, 0.15) is 4.92 Å². The lowest BCUT2D eigenvalue weighted by atomic mass is 10.0. The molecule has 8 heteroatoms. The highest BCUT2D eigenvalue weighted by molar-refractivity contribution is 6.30. The fourth-order valence-electron chi connectivity index (χ4n) is 1.95. The summed E-state index contributed by atoms with van der Waals surface area (Å²) in [6.07, 6.45) is 0.